The highest BCUT2D eigenvalue weighted by Gasteiger charge is 2.23. The summed E-state index contributed by atoms with van der Waals surface area (Å²) in [6, 6.07) is 0. The molecule has 15 heavy (non-hydrogen) atoms. The minimum atomic E-state index is 0.0844. The maximum atomic E-state index is 5.73. The zero-order valence-corrected chi connectivity index (χ0v) is 10.3. The van der Waals surface area contributed by atoms with Crippen LogP contribution in [-0.4, -0.2) is 23.4 Å². The van der Waals surface area contributed by atoms with E-state index in [9.17, 15) is 0 Å². The van der Waals surface area contributed by atoms with E-state index in [1.54, 1.807) is 11.8 Å². The predicted molar refractivity (Wildman–Crippen MR) is 61.0 cm³/mol. The van der Waals surface area contributed by atoms with Crippen molar-refractivity contribution in [2.75, 3.05) is 13.7 Å². The lowest BCUT2D eigenvalue weighted by molar-refractivity contribution is 0.344. The Bertz CT molecular complexity index is 342. The zero-order valence-electron chi connectivity index (χ0n) is 10.3. The molecule has 1 rings (SSSR count). The molecule has 4 nitrogen and oxygen atoms in total. The lowest BCUT2D eigenvalue weighted by Gasteiger charge is -2.22. The van der Waals surface area contributed by atoms with Crippen molar-refractivity contribution in [1.29, 1.82) is 0 Å². The van der Waals surface area contributed by atoms with E-state index >= 15 is 0 Å². The van der Waals surface area contributed by atoms with Gasteiger partial charge < -0.3 is 10.5 Å². The van der Waals surface area contributed by atoms with Crippen LogP contribution in [0, 0.1) is 12.3 Å². The van der Waals surface area contributed by atoms with Crippen molar-refractivity contribution in [3.8, 4) is 5.88 Å². The molecule has 0 aromatic carbocycles. The molecule has 0 spiro atoms. The first kappa shape index (κ1) is 12.0. The number of nitrogens with two attached hydrogens (primary N) is 1. The van der Waals surface area contributed by atoms with Crippen LogP contribution in [0.1, 0.15) is 25.1 Å². The van der Waals surface area contributed by atoms with Gasteiger partial charge in [0.25, 0.3) is 0 Å². The number of aryl methyl sites for hydroxylation is 2. The second-order valence-electron chi connectivity index (χ2n) is 4.74. The van der Waals surface area contributed by atoms with E-state index in [2.05, 4.69) is 18.9 Å². The number of aromatic nitrogens is 2. The average molecular weight is 211 g/mol. The first-order valence-electron chi connectivity index (χ1n) is 5.18. The van der Waals surface area contributed by atoms with Gasteiger partial charge in [0.15, 0.2) is 0 Å². The van der Waals surface area contributed by atoms with E-state index in [1.165, 1.54) is 0 Å². The number of methoxy groups -OCH3 is 1. The number of hydrogen-bond donors (Lipinski definition) is 1. The normalized spacial score (nSPS) is 11.9. The number of hydrogen-bond acceptors (Lipinski definition) is 3. The highest BCUT2D eigenvalue weighted by molar-refractivity contribution is 5.31. The summed E-state index contributed by atoms with van der Waals surface area (Å²) in [5.74, 6) is 0.842. The van der Waals surface area contributed by atoms with Gasteiger partial charge in [-0.2, -0.15) is 5.10 Å². The van der Waals surface area contributed by atoms with E-state index in [-0.39, 0.29) is 5.41 Å². The molecule has 0 fully saturated rings. The standard InChI is InChI=1S/C11H21N3O/c1-8-9(6-11(2,3)7-12)10(15-5)14(4)13-8/h6-7,12H2,1-5H3. The SMILES string of the molecule is COc1c(CC(C)(C)CN)c(C)nn1C. The van der Waals surface area contributed by atoms with Crippen LogP contribution in [0.3, 0.4) is 0 Å². The Kier molecular flexibility index (Phi) is 3.39. The van der Waals surface area contributed by atoms with Gasteiger partial charge in [0.05, 0.1) is 12.8 Å². The highest BCUT2D eigenvalue weighted by Crippen LogP contribution is 2.28. The summed E-state index contributed by atoms with van der Waals surface area (Å²) in [7, 11) is 3.57. The highest BCUT2D eigenvalue weighted by atomic mass is 16.5. The van der Waals surface area contributed by atoms with Crippen molar-refractivity contribution < 1.29 is 4.74 Å². The molecule has 86 valence electrons. The van der Waals surface area contributed by atoms with E-state index in [1.807, 2.05) is 14.0 Å². The lowest BCUT2D eigenvalue weighted by atomic mass is 9.86. The topological polar surface area (TPSA) is 53.1 Å². The first-order chi connectivity index (χ1) is 6.91. The van der Waals surface area contributed by atoms with Gasteiger partial charge in [-0.3, -0.25) is 0 Å². The van der Waals surface area contributed by atoms with Crippen molar-refractivity contribution >= 4 is 0 Å². The molecule has 0 aliphatic carbocycles. The third-order valence-corrected chi connectivity index (χ3v) is 2.69. The Balaban J connectivity index is 3.03. The number of nitrogens with zero attached hydrogens (tertiary/aromatic N) is 2. The smallest absolute Gasteiger partial charge is 0.214 e. The summed E-state index contributed by atoms with van der Waals surface area (Å²) in [4.78, 5) is 0. The minimum Gasteiger partial charge on any atom is -0.481 e. The Hall–Kier alpha value is -1.03. The Morgan fingerprint density at radius 3 is 2.53 bits per heavy atom. The zero-order chi connectivity index (χ0) is 11.6. The molecular formula is C11H21N3O. The van der Waals surface area contributed by atoms with E-state index in [0.717, 1.165) is 23.6 Å². The van der Waals surface area contributed by atoms with E-state index < -0.39 is 0 Å². The second kappa shape index (κ2) is 4.23. The Morgan fingerprint density at radius 2 is 2.07 bits per heavy atom. The van der Waals surface area contributed by atoms with Crippen molar-refractivity contribution in [2.24, 2.45) is 18.2 Å². The van der Waals surface area contributed by atoms with Gasteiger partial charge in [0.1, 0.15) is 0 Å². The van der Waals surface area contributed by atoms with Crippen LogP contribution >= 0.6 is 0 Å². The summed E-state index contributed by atoms with van der Waals surface area (Å²) in [5.41, 5.74) is 8.01. The van der Waals surface area contributed by atoms with Gasteiger partial charge >= 0.3 is 0 Å². The van der Waals surface area contributed by atoms with Gasteiger partial charge in [0, 0.05) is 12.6 Å². The van der Waals surface area contributed by atoms with Gasteiger partial charge in [-0.05, 0) is 25.3 Å². The van der Waals surface area contributed by atoms with Crippen LogP contribution in [0.15, 0.2) is 0 Å². The number of ether oxygens (including phenoxy) is 1. The molecule has 0 amide bonds. The van der Waals surface area contributed by atoms with Gasteiger partial charge in [-0.15, -0.1) is 0 Å². The van der Waals surface area contributed by atoms with Crippen LogP contribution in [0.2, 0.25) is 0 Å². The second-order valence-corrected chi connectivity index (χ2v) is 4.74. The number of rotatable bonds is 4. The molecule has 0 saturated carbocycles. The largest absolute Gasteiger partial charge is 0.481 e. The molecule has 2 N–H and O–H groups in total. The van der Waals surface area contributed by atoms with Gasteiger partial charge in [-0.25, -0.2) is 4.68 Å². The lowest BCUT2D eigenvalue weighted by Crippen LogP contribution is -2.26. The van der Waals surface area contributed by atoms with Crippen LogP contribution < -0.4 is 10.5 Å². The van der Waals surface area contributed by atoms with Crippen molar-refractivity contribution in [3.05, 3.63) is 11.3 Å². The Labute approximate surface area is 91.4 Å². The summed E-state index contributed by atoms with van der Waals surface area (Å²) in [6.45, 7) is 6.96. The summed E-state index contributed by atoms with van der Waals surface area (Å²) < 4.78 is 7.12. The molecule has 0 atom stereocenters. The molecular weight excluding hydrogens is 190 g/mol. The molecule has 0 aliphatic heterocycles. The quantitative estimate of drug-likeness (QED) is 0.816. The molecule has 0 saturated heterocycles. The minimum absolute atomic E-state index is 0.0844. The molecule has 1 aromatic rings. The molecule has 0 unspecified atom stereocenters. The molecule has 1 aromatic heterocycles. The van der Waals surface area contributed by atoms with Crippen LogP contribution in [0.25, 0.3) is 0 Å². The van der Waals surface area contributed by atoms with Gasteiger partial charge in [0.2, 0.25) is 5.88 Å². The fourth-order valence-electron chi connectivity index (χ4n) is 1.69. The van der Waals surface area contributed by atoms with Crippen LogP contribution in [0.5, 0.6) is 5.88 Å². The summed E-state index contributed by atoms with van der Waals surface area (Å²) in [6.07, 6.45) is 0.895. The fourth-order valence-corrected chi connectivity index (χ4v) is 1.69. The van der Waals surface area contributed by atoms with Gasteiger partial charge in [-0.1, -0.05) is 13.8 Å². The Morgan fingerprint density at radius 1 is 1.47 bits per heavy atom. The first-order valence-corrected chi connectivity index (χ1v) is 5.18. The maximum Gasteiger partial charge on any atom is 0.214 e. The van der Waals surface area contributed by atoms with Crippen molar-refractivity contribution in [2.45, 2.75) is 27.2 Å². The molecule has 0 aliphatic rings. The fraction of sp³-hybridized carbons (Fsp3) is 0.727. The molecule has 0 bridgehead atoms. The predicted octanol–water partition coefficient (Wildman–Crippen LogP) is 1.26. The van der Waals surface area contributed by atoms with E-state index in [4.69, 9.17) is 10.5 Å². The summed E-state index contributed by atoms with van der Waals surface area (Å²) >= 11 is 0. The van der Waals surface area contributed by atoms with Crippen LogP contribution in [-0.2, 0) is 13.5 Å². The van der Waals surface area contributed by atoms with Crippen LogP contribution in [0.4, 0.5) is 0 Å². The molecule has 1 heterocycles. The monoisotopic (exact) mass is 211 g/mol. The molecule has 4 heteroatoms. The third kappa shape index (κ3) is 2.50. The molecule has 0 radical (unpaired) electrons. The third-order valence-electron chi connectivity index (χ3n) is 2.69. The summed E-state index contributed by atoms with van der Waals surface area (Å²) in [5, 5.41) is 4.35. The average Bonchev–Trinajstić information content (AvgIpc) is 2.41. The maximum absolute atomic E-state index is 5.73. The van der Waals surface area contributed by atoms with Crippen molar-refractivity contribution in [3.63, 3.8) is 0 Å². The van der Waals surface area contributed by atoms with E-state index in [0.29, 0.717) is 6.54 Å². The van der Waals surface area contributed by atoms with Crippen molar-refractivity contribution in [1.82, 2.24) is 9.78 Å².